The Morgan fingerprint density at radius 3 is 2.38 bits per heavy atom. The zero-order valence-corrected chi connectivity index (χ0v) is 24.3. The molecule has 1 aliphatic rings. The molecule has 42 heavy (non-hydrogen) atoms. The summed E-state index contributed by atoms with van der Waals surface area (Å²) >= 11 is 0. The topological polar surface area (TPSA) is 97.5 Å². The van der Waals surface area contributed by atoms with E-state index in [-0.39, 0.29) is 39.8 Å². The van der Waals surface area contributed by atoms with E-state index in [0.717, 1.165) is 35.8 Å². The van der Waals surface area contributed by atoms with Crippen LogP contribution in [0.2, 0.25) is 0 Å². The number of para-hydroxylation sites is 1. The van der Waals surface area contributed by atoms with Crippen LogP contribution in [0.3, 0.4) is 0 Å². The van der Waals surface area contributed by atoms with E-state index in [1.807, 2.05) is 73.7 Å². The molecule has 1 saturated carbocycles. The number of pyridine rings is 1. The van der Waals surface area contributed by atoms with E-state index in [9.17, 15) is 18.3 Å². The number of rotatable bonds is 10. The van der Waals surface area contributed by atoms with E-state index < -0.39 is 15.5 Å². The molecule has 0 aliphatic heterocycles. The molecule has 2 heterocycles. The van der Waals surface area contributed by atoms with Crippen LogP contribution in [0.15, 0.2) is 111 Å². The van der Waals surface area contributed by atoms with Crippen LogP contribution in [0.1, 0.15) is 66.0 Å². The van der Waals surface area contributed by atoms with Crippen molar-refractivity contribution in [1.82, 2.24) is 4.98 Å². The Morgan fingerprint density at radius 1 is 0.905 bits per heavy atom. The molecule has 0 amide bonds. The molecule has 0 bridgehead atoms. The third-order valence-corrected chi connectivity index (χ3v) is 9.75. The highest BCUT2D eigenvalue weighted by Gasteiger charge is 2.38. The fraction of sp³-hybridized carbons (Fsp3) is 0.257. The van der Waals surface area contributed by atoms with Crippen LogP contribution in [0, 0.1) is 5.92 Å². The van der Waals surface area contributed by atoms with Gasteiger partial charge in [-0.2, -0.15) is 0 Å². The Labute approximate surface area is 245 Å². The van der Waals surface area contributed by atoms with E-state index >= 15 is 0 Å². The quantitative estimate of drug-likeness (QED) is 0.189. The second-order valence-corrected chi connectivity index (χ2v) is 13.1. The summed E-state index contributed by atoms with van der Waals surface area (Å²) in [5.74, 6) is -0.0682. The van der Waals surface area contributed by atoms with E-state index in [0.29, 0.717) is 23.3 Å². The zero-order valence-electron chi connectivity index (χ0n) is 23.4. The van der Waals surface area contributed by atoms with E-state index in [1.165, 1.54) is 0 Å². The van der Waals surface area contributed by atoms with Crippen LogP contribution in [0.4, 0.5) is 0 Å². The van der Waals surface area contributed by atoms with Crippen LogP contribution in [0.5, 0.6) is 5.75 Å². The van der Waals surface area contributed by atoms with Crippen molar-refractivity contribution in [1.29, 1.82) is 0 Å². The standard InChI is InChI=1S/C35H33NO5S/c1-2-25(19-23-9-4-3-5-10-23)31-21-30(37)34(35(38)41-31)33(27-15-16-27)28-13-8-11-24(20-28)22-42(39,40)32-18-17-26-12-6-7-14-29(26)36-32/h3-14,17-18,20-21,25,27,33,37H,2,15-16,19,22H2,1H3. The van der Waals surface area contributed by atoms with Gasteiger partial charge in [0.15, 0.2) is 14.9 Å². The minimum atomic E-state index is -3.72. The van der Waals surface area contributed by atoms with Crippen molar-refractivity contribution in [2.24, 2.45) is 5.92 Å². The van der Waals surface area contributed by atoms with E-state index in [4.69, 9.17) is 4.42 Å². The van der Waals surface area contributed by atoms with Gasteiger partial charge >= 0.3 is 5.63 Å². The number of sulfone groups is 1. The molecule has 1 N–H and O–H groups in total. The number of hydrogen-bond donors (Lipinski definition) is 1. The molecule has 2 unspecified atom stereocenters. The number of nitrogens with zero attached hydrogens (tertiary/aromatic N) is 1. The highest BCUT2D eigenvalue weighted by Crippen LogP contribution is 2.48. The largest absolute Gasteiger partial charge is 0.507 e. The number of benzene rings is 3. The molecule has 1 fully saturated rings. The van der Waals surface area contributed by atoms with Crippen LogP contribution in [-0.4, -0.2) is 18.5 Å². The lowest BCUT2D eigenvalue weighted by atomic mass is 9.86. The SMILES string of the molecule is CCC(Cc1ccccc1)c1cc(O)c(C(c2cccc(CS(=O)(=O)c3ccc4ccccc4n3)c2)C2CC2)c(=O)o1. The van der Waals surface area contributed by atoms with Gasteiger partial charge in [0.1, 0.15) is 11.5 Å². The predicted octanol–water partition coefficient (Wildman–Crippen LogP) is 7.15. The first kappa shape index (κ1) is 27.9. The van der Waals surface area contributed by atoms with E-state index in [1.54, 1.807) is 30.3 Å². The molecular weight excluding hydrogens is 546 g/mol. The fourth-order valence-corrected chi connectivity index (χ4v) is 7.11. The smallest absolute Gasteiger partial charge is 0.343 e. The predicted molar refractivity (Wildman–Crippen MR) is 163 cm³/mol. The van der Waals surface area contributed by atoms with Crippen molar-refractivity contribution >= 4 is 20.7 Å². The number of fused-ring (bicyclic) bond motifs is 1. The van der Waals surface area contributed by atoms with Crippen molar-refractivity contribution in [2.45, 2.75) is 55.2 Å². The summed E-state index contributed by atoms with van der Waals surface area (Å²) in [6.45, 7) is 2.04. The molecule has 6 rings (SSSR count). The Kier molecular flexibility index (Phi) is 7.69. The van der Waals surface area contributed by atoms with Crippen molar-refractivity contribution in [3.8, 4) is 5.75 Å². The third kappa shape index (κ3) is 5.88. The first-order chi connectivity index (χ1) is 20.3. The fourth-order valence-electron chi connectivity index (χ4n) is 5.84. The maximum atomic E-state index is 13.5. The summed E-state index contributed by atoms with van der Waals surface area (Å²) in [5.41, 5.74) is 2.86. The van der Waals surface area contributed by atoms with Crippen molar-refractivity contribution in [2.75, 3.05) is 0 Å². The summed E-state index contributed by atoms with van der Waals surface area (Å²) < 4.78 is 32.6. The molecule has 3 aromatic carbocycles. The third-order valence-electron chi connectivity index (χ3n) is 8.17. The number of aromatic hydroxyl groups is 1. The minimum Gasteiger partial charge on any atom is -0.507 e. The number of aromatic nitrogens is 1. The van der Waals surface area contributed by atoms with Crippen molar-refractivity contribution < 1.29 is 17.9 Å². The van der Waals surface area contributed by atoms with Gasteiger partial charge in [0, 0.05) is 23.3 Å². The van der Waals surface area contributed by atoms with Crippen LogP contribution >= 0.6 is 0 Å². The molecule has 0 spiro atoms. The summed E-state index contributed by atoms with van der Waals surface area (Å²) in [6.07, 6.45) is 3.29. The normalized spacial score (nSPS) is 15.0. The molecule has 214 valence electrons. The minimum absolute atomic E-state index is 0.0280. The van der Waals surface area contributed by atoms with Crippen molar-refractivity contribution in [3.63, 3.8) is 0 Å². The summed E-state index contributed by atoms with van der Waals surface area (Å²) in [4.78, 5) is 17.8. The highest BCUT2D eigenvalue weighted by atomic mass is 32.2. The highest BCUT2D eigenvalue weighted by molar-refractivity contribution is 7.90. The summed E-state index contributed by atoms with van der Waals surface area (Å²) in [7, 11) is -3.72. The molecule has 5 aromatic rings. The Hall–Kier alpha value is -4.23. The average molecular weight is 580 g/mol. The van der Waals surface area contributed by atoms with Gasteiger partial charge in [-0.3, -0.25) is 0 Å². The molecule has 1 aliphatic carbocycles. The molecule has 2 aromatic heterocycles. The van der Waals surface area contributed by atoms with Gasteiger partial charge in [-0.05, 0) is 66.5 Å². The second kappa shape index (κ2) is 11.6. The molecule has 2 atom stereocenters. The number of hydrogen-bond acceptors (Lipinski definition) is 6. The first-order valence-corrected chi connectivity index (χ1v) is 16.1. The van der Waals surface area contributed by atoms with Gasteiger partial charge in [0.05, 0.1) is 16.8 Å². The molecular formula is C35H33NO5S. The summed E-state index contributed by atoms with van der Waals surface area (Å²) in [5, 5.41) is 12.1. The molecule has 0 radical (unpaired) electrons. The van der Waals surface area contributed by atoms with Gasteiger partial charge in [0.25, 0.3) is 0 Å². The van der Waals surface area contributed by atoms with Gasteiger partial charge in [-0.1, -0.05) is 79.7 Å². The van der Waals surface area contributed by atoms with Crippen LogP contribution < -0.4 is 5.63 Å². The lowest BCUT2D eigenvalue weighted by molar-refractivity contribution is 0.379. The zero-order chi connectivity index (χ0) is 29.3. The van der Waals surface area contributed by atoms with Gasteiger partial charge < -0.3 is 9.52 Å². The van der Waals surface area contributed by atoms with E-state index in [2.05, 4.69) is 4.98 Å². The van der Waals surface area contributed by atoms with Crippen molar-refractivity contribution in [3.05, 3.63) is 135 Å². The van der Waals surface area contributed by atoms with Gasteiger partial charge in [-0.25, -0.2) is 18.2 Å². The Morgan fingerprint density at radius 2 is 1.64 bits per heavy atom. The second-order valence-electron chi connectivity index (χ2n) is 11.2. The Balaban J connectivity index is 1.30. The monoisotopic (exact) mass is 579 g/mol. The van der Waals surface area contributed by atoms with Gasteiger partial charge in [0.2, 0.25) is 0 Å². The van der Waals surface area contributed by atoms with Crippen LogP contribution in [0.25, 0.3) is 10.9 Å². The molecule has 0 saturated heterocycles. The van der Waals surface area contributed by atoms with Gasteiger partial charge in [-0.15, -0.1) is 0 Å². The van der Waals surface area contributed by atoms with Crippen LogP contribution in [-0.2, 0) is 22.0 Å². The summed E-state index contributed by atoms with van der Waals surface area (Å²) in [6, 6.07) is 29.6. The Bertz CT molecular complexity index is 1890. The average Bonchev–Trinajstić information content (AvgIpc) is 3.83. The maximum Gasteiger partial charge on any atom is 0.343 e. The lowest BCUT2D eigenvalue weighted by Gasteiger charge is -2.20. The maximum absolute atomic E-state index is 13.5. The first-order valence-electron chi connectivity index (χ1n) is 14.4. The lowest BCUT2D eigenvalue weighted by Crippen LogP contribution is -2.18. The molecule has 6 nitrogen and oxygen atoms in total. The molecule has 7 heteroatoms.